The van der Waals surface area contributed by atoms with Crippen LogP contribution in [0.2, 0.25) is 0 Å². The molecule has 6 nitrogen and oxygen atoms in total. The van der Waals surface area contributed by atoms with Crippen molar-refractivity contribution in [1.29, 1.82) is 0 Å². The molecule has 0 saturated carbocycles. The summed E-state index contributed by atoms with van der Waals surface area (Å²) >= 11 is 0. The third-order valence-corrected chi connectivity index (χ3v) is 4.03. The summed E-state index contributed by atoms with van der Waals surface area (Å²) < 4.78 is 10.9. The van der Waals surface area contributed by atoms with Crippen molar-refractivity contribution in [3.8, 4) is 11.5 Å². The number of carboxylic acids is 1. The van der Waals surface area contributed by atoms with Gasteiger partial charge in [-0.05, 0) is 31.2 Å². The smallest absolute Gasteiger partial charge is 0.341 e. The number of fused-ring (bicyclic) bond motifs is 1. The molecule has 0 saturated heterocycles. The lowest BCUT2D eigenvalue weighted by Gasteiger charge is -2.26. The fourth-order valence-corrected chi connectivity index (χ4v) is 2.72. The van der Waals surface area contributed by atoms with Gasteiger partial charge >= 0.3 is 5.97 Å². The van der Waals surface area contributed by atoms with Crippen LogP contribution in [0.5, 0.6) is 11.5 Å². The molecule has 1 aliphatic rings. The summed E-state index contributed by atoms with van der Waals surface area (Å²) in [6.45, 7) is 2.36. The van der Waals surface area contributed by atoms with Gasteiger partial charge in [0.05, 0.1) is 12.6 Å². The van der Waals surface area contributed by atoms with E-state index in [0.29, 0.717) is 24.5 Å². The maximum atomic E-state index is 13.0. The zero-order valence-corrected chi connectivity index (χ0v) is 13.8. The predicted molar refractivity (Wildman–Crippen MR) is 90.8 cm³/mol. The molecule has 2 aromatic rings. The van der Waals surface area contributed by atoms with Crippen LogP contribution >= 0.6 is 0 Å². The van der Waals surface area contributed by atoms with Crippen LogP contribution in [-0.2, 0) is 11.3 Å². The van der Waals surface area contributed by atoms with Gasteiger partial charge in [-0.15, -0.1) is 0 Å². The zero-order valence-electron chi connectivity index (χ0n) is 13.8. The molecule has 1 N–H and O–H groups in total. The molecule has 0 aliphatic carbocycles. The largest absolute Gasteiger partial charge is 0.491 e. The molecule has 1 heterocycles. The fourth-order valence-electron chi connectivity index (χ4n) is 2.72. The van der Waals surface area contributed by atoms with E-state index in [1.807, 2.05) is 31.2 Å². The molecule has 1 amide bonds. The number of hydrogen-bond donors (Lipinski definition) is 1. The molecular weight excluding hydrogens is 322 g/mol. The highest BCUT2D eigenvalue weighted by atomic mass is 16.5. The Bertz CT molecular complexity index is 789. The number of ether oxygens (including phenoxy) is 2. The number of nitrogens with zero attached hydrogens (tertiary/aromatic N) is 1. The van der Waals surface area contributed by atoms with Gasteiger partial charge in [0, 0.05) is 11.1 Å². The first-order chi connectivity index (χ1) is 12.0. The van der Waals surface area contributed by atoms with Crippen LogP contribution in [0.25, 0.3) is 0 Å². The lowest BCUT2D eigenvalue weighted by molar-refractivity contribution is -0.139. The van der Waals surface area contributed by atoms with E-state index in [4.69, 9.17) is 14.6 Å². The topological polar surface area (TPSA) is 76.1 Å². The van der Waals surface area contributed by atoms with Gasteiger partial charge < -0.3 is 19.5 Å². The second kappa shape index (κ2) is 7.25. The Morgan fingerprint density at radius 2 is 2.04 bits per heavy atom. The van der Waals surface area contributed by atoms with E-state index in [0.717, 1.165) is 11.3 Å². The van der Waals surface area contributed by atoms with Crippen LogP contribution in [-0.4, -0.2) is 41.1 Å². The van der Waals surface area contributed by atoms with Crippen molar-refractivity contribution < 1.29 is 24.2 Å². The van der Waals surface area contributed by atoms with Crippen molar-refractivity contribution in [3.63, 3.8) is 0 Å². The number of rotatable bonds is 4. The quantitative estimate of drug-likeness (QED) is 0.925. The summed E-state index contributed by atoms with van der Waals surface area (Å²) in [7, 11) is 0. The van der Waals surface area contributed by atoms with Crippen molar-refractivity contribution in [2.75, 3.05) is 13.2 Å². The van der Waals surface area contributed by atoms with Crippen LogP contribution < -0.4 is 9.47 Å². The maximum Gasteiger partial charge on any atom is 0.341 e. The lowest BCUT2D eigenvalue weighted by atomic mass is 10.1. The number of amides is 1. The van der Waals surface area contributed by atoms with Gasteiger partial charge in [0.1, 0.15) is 18.1 Å². The minimum absolute atomic E-state index is 0.0940. The Balaban J connectivity index is 1.82. The van der Waals surface area contributed by atoms with Gasteiger partial charge in [0.15, 0.2) is 6.61 Å². The van der Waals surface area contributed by atoms with Gasteiger partial charge in [-0.2, -0.15) is 0 Å². The first-order valence-electron chi connectivity index (χ1n) is 8.01. The number of carbonyl (C=O) groups is 2. The first-order valence-corrected chi connectivity index (χ1v) is 8.01. The van der Waals surface area contributed by atoms with Gasteiger partial charge in [-0.1, -0.05) is 24.3 Å². The Kier molecular flexibility index (Phi) is 4.88. The highest BCUT2D eigenvalue weighted by Crippen LogP contribution is 2.26. The Morgan fingerprint density at radius 1 is 1.24 bits per heavy atom. The second-order valence-corrected chi connectivity index (χ2v) is 5.91. The molecule has 25 heavy (non-hydrogen) atoms. The van der Waals surface area contributed by atoms with Crippen molar-refractivity contribution in [2.24, 2.45) is 0 Å². The summed E-state index contributed by atoms with van der Waals surface area (Å²) in [5.41, 5.74) is 1.41. The SMILES string of the molecule is CC1COc2ccccc2CN1C(=O)c1cccc(OCC(=O)O)c1. The number of carboxylic acid groups (broad SMARTS) is 1. The van der Waals surface area contributed by atoms with E-state index in [2.05, 4.69) is 0 Å². The standard InChI is InChI=1S/C19H19NO5/c1-13-11-25-17-8-3-2-5-15(17)10-20(13)19(23)14-6-4-7-16(9-14)24-12-18(21)22/h2-9,13H,10-12H2,1H3,(H,21,22). The monoisotopic (exact) mass is 341 g/mol. The Morgan fingerprint density at radius 3 is 2.84 bits per heavy atom. The van der Waals surface area contributed by atoms with E-state index in [1.165, 1.54) is 0 Å². The van der Waals surface area contributed by atoms with Gasteiger partial charge in [0.2, 0.25) is 0 Å². The second-order valence-electron chi connectivity index (χ2n) is 5.91. The third kappa shape index (κ3) is 3.91. The fraction of sp³-hybridized carbons (Fsp3) is 0.263. The molecule has 1 aliphatic heterocycles. The van der Waals surface area contributed by atoms with Crippen LogP contribution in [0.3, 0.4) is 0 Å². The Labute approximate surface area is 145 Å². The first kappa shape index (κ1) is 16.8. The average Bonchev–Trinajstić information content (AvgIpc) is 2.79. The molecular formula is C19H19NO5. The zero-order chi connectivity index (χ0) is 17.8. The van der Waals surface area contributed by atoms with E-state index < -0.39 is 12.6 Å². The average molecular weight is 341 g/mol. The van der Waals surface area contributed by atoms with Crippen molar-refractivity contribution in [3.05, 3.63) is 59.7 Å². The third-order valence-electron chi connectivity index (χ3n) is 4.03. The van der Waals surface area contributed by atoms with Crippen LogP contribution in [0.4, 0.5) is 0 Å². The van der Waals surface area contributed by atoms with Gasteiger partial charge in [0.25, 0.3) is 5.91 Å². The summed E-state index contributed by atoms with van der Waals surface area (Å²) in [6.07, 6.45) is 0. The van der Waals surface area contributed by atoms with E-state index in [1.54, 1.807) is 29.2 Å². The summed E-state index contributed by atoms with van der Waals surface area (Å²) in [5.74, 6) is -0.0595. The molecule has 0 bridgehead atoms. The molecule has 2 aromatic carbocycles. The number of carbonyl (C=O) groups excluding carboxylic acids is 1. The molecule has 0 spiro atoms. The van der Waals surface area contributed by atoms with Crippen LogP contribution in [0.15, 0.2) is 48.5 Å². The number of para-hydroxylation sites is 1. The molecule has 0 aromatic heterocycles. The molecule has 0 fully saturated rings. The van der Waals surface area contributed by atoms with Crippen molar-refractivity contribution >= 4 is 11.9 Å². The summed E-state index contributed by atoms with van der Waals surface area (Å²) in [4.78, 5) is 25.3. The number of aliphatic carboxylic acids is 1. The van der Waals surface area contributed by atoms with Crippen LogP contribution in [0, 0.1) is 0 Å². The summed E-state index contributed by atoms with van der Waals surface area (Å²) in [6, 6.07) is 14.1. The highest BCUT2D eigenvalue weighted by Gasteiger charge is 2.26. The molecule has 6 heteroatoms. The van der Waals surface area contributed by atoms with E-state index in [9.17, 15) is 9.59 Å². The van der Waals surface area contributed by atoms with Gasteiger partial charge in [-0.25, -0.2) is 4.79 Å². The summed E-state index contributed by atoms with van der Waals surface area (Å²) in [5, 5.41) is 8.70. The molecule has 3 rings (SSSR count). The van der Waals surface area contributed by atoms with Crippen molar-refractivity contribution in [1.82, 2.24) is 4.90 Å². The van der Waals surface area contributed by atoms with Crippen molar-refractivity contribution in [2.45, 2.75) is 19.5 Å². The minimum Gasteiger partial charge on any atom is -0.491 e. The van der Waals surface area contributed by atoms with Gasteiger partial charge in [-0.3, -0.25) is 4.79 Å². The van der Waals surface area contributed by atoms with E-state index >= 15 is 0 Å². The molecule has 130 valence electrons. The van der Waals surface area contributed by atoms with Crippen LogP contribution in [0.1, 0.15) is 22.8 Å². The highest BCUT2D eigenvalue weighted by molar-refractivity contribution is 5.95. The minimum atomic E-state index is -1.06. The normalized spacial score (nSPS) is 16.4. The molecule has 1 unspecified atom stereocenters. The predicted octanol–water partition coefficient (Wildman–Crippen LogP) is 2.57. The Hall–Kier alpha value is -3.02. The molecule has 1 atom stereocenters. The molecule has 0 radical (unpaired) electrons. The number of hydrogen-bond acceptors (Lipinski definition) is 4. The maximum absolute atomic E-state index is 13.0. The lowest BCUT2D eigenvalue weighted by Crippen LogP contribution is -2.39. The number of benzene rings is 2. The van der Waals surface area contributed by atoms with E-state index in [-0.39, 0.29) is 11.9 Å².